The van der Waals surface area contributed by atoms with Crippen molar-refractivity contribution in [2.75, 3.05) is 43.4 Å². The second-order valence-electron chi connectivity index (χ2n) is 6.71. The van der Waals surface area contributed by atoms with Gasteiger partial charge in [0.25, 0.3) is 5.22 Å². The molecule has 0 N–H and O–H groups in total. The van der Waals surface area contributed by atoms with Crippen molar-refractivity contribution >= 4 is 38.6 Å². The minimum Gasteiger partial charge on any atom is -0.431 e. The third kappa shape index (κ3) is 3.89. The molecule has 1 aromatic carbocycles. The molecular weight excluding hydrogens is 374 g/mol. The summed E-state index contributed by atoms with van der Waals surface area (Å²) in [5, 5.41) is 0.509. The van der Waals surface area contributed by atoms with Crippen molar-refractivity contribution in [2.45, 2.75) is 17.7 Å². The second-order valence-corrected chi connectivity index (χ2v) is 9.87. The predicted molar refractivity (Wildman–Crippen MR) is 99.9 cm³/mol. The Balaban J connectivity index is 1.27. The van der Waals surface area contributed by atoms with E-state index < -0.39 is 9.84 Å². The predicted octanol–water partition coefficient (Wildman–Crippen LogP) is 1.25. The molecule has 3 heterocycles. The monoisotopic (exact) mass is 395 g/mol. The first-order valence-corrected chi connectivity index (χ1v) is 11.5. The minimum atomic E-state index is -2.87. The van der Waals surface area contributed by atoms with Crippen LogP contribution in [0.1, 0.15) is 6.42 Å². The van der Waals surface area contributed by atoms with Crippen molar-refractivity contribution in [1.29, 1.82) is 0 Å². The van der Waals surface area contributed by atoms with E-state index in [0.717, 1.165) is 24.2 Å². The third-order valence-electron chi connectivity index (χ3n) is 4.99. The van der Waals surface area contributed by atoms with Crippen LogP contribution in [-0.4, -0.2) is 78.6 Å². The van der Waals surface area contributed by atoms with Crippen LogP contribution in [0.2, 0.25) is 0 Å². The van der Waals surface area contributed by atoms with Gasteiger partial charge >= 0.3 is 0 Å². The van der Waals surface area contributed by atoms with Gasteiger partial charge in [-0.15, -0.1) is 0 Å². The highest BCUT2D eigenvalue weighted by Gasteiger charge is 2.34. The quantitative estimate of drug-likeness (QED) is 0.721. The Morgan fingerprint density at radius 2 is 2.00 bits per heavy atom. The first-order valence-electron chi connectivity index (χ1n) is 8.71. The number of nitrogens with zero attached hydrogens (tertiary/aromatic N) is 3. The minimum absolute atomic E-state index is 0.0657. The molecule has 0 aliphatic carbocycles. The molecule has 4 rings (SSSR count). The van der Waals surface area contributed by atoms with E-state index in [-0.39, 0.29) is 23.5 Å². The number of fused-ring (bicyclic) bond motifs is 1. The van der Waals surface area contributed by atoms with Crippen molar-refractivity contribution in [1.82, 2.24) is 14.8 Å². The van der Waals surface area contributed by atoms with Crippen molar-refractivity contribution in [3.05, 3.63) is 24.3 Å². The second kappa shape index (κ2) is 7.21. The first-order chi connectivity index (χ1) is 12.5. The Kier molecular flexibility index (Phi) is 4.94. The number of carbonyl (C=O) groups excluding carboxylic acids is 1. The Morgan fingerprint density at radius 3 is 2.69 bits per heavy atom. The molecule has 26 heavy (non-hydrogen) atoms. The zero-order chi connectivity index (χ0) is 18.1. The van der Waals surface area contributed by atoms with Gasteiger partial charge in [-0.25, -0.2) is 13.4 Å². The molecule has 2 fully saturated rings. The molecule has 0 saturated carbocycles. The number of para-hydroxylation sites is 2. The molecule has 2 aliphatic rings. The van der Waals surface area contributed by atoms with E-state index in [1.54, 1.807) is 0 Å². The summed E-state index contributed by atoms with van der Waals surface area (Å²) in [5.74, 6) is 0.910. The highest BCUT2D eigenvalue weighted by atomic mass is 32.2. The average molecular weight is 396 g/mol. The summed E-state index contributed by atoms with van der Waals surface area (Å²) in [5.41, 5.74) is 1.52. The van der Waals surface area contributed by atoms with Crippen molar-refractivity contribution < 1.29 is 17.6 Å². The van der Waals surface area contributed by atoms with Gasteiger partial charge in [0, 0.05) is 32.2 Å². The number of aromatic nitrogens is 1. The maximum Gasteiger partial charge on any atom is 0.257 e. The molecule has 1 atom stereocenters. The van der Waals surface area contributed by atoms with Crippen LogP contribution in [0.5, 0.6) is 0 Å². The number of piperazine rings is 1. The molecular formula is C17H21N3O4S2. The van der Waals surface area contributed by atoms with Gasteiger partial charge in [-0.2, -0.15) is 0 Å². The Bertz CT molecular complexity index is 871. The smallest absolute Gasteiger partial charge is 0.257 e. The zero-order valence-corrected chi connectivity index (χ0v) is 16.0. The first kappa shape index (κ1) is 17.8. The third-order valence-corrected chi connectivity index (χ3v) is 7.55. The van der Waals surface area contributed by atoms with E-state index in [4.69, 9.17) is 4.42 Å². The summed E-state index contributed by atoms with van der Waals surface area (Å²) >= 11 is 1.31. The van der Waals surface area contributed by atoms with Crippen LogP contribution in [0.4, 0.5) is 0 Å². The molecule has 2 saturated heterocycles. The summed E-state index contributed by atoms with van der Waals surface area (Å²) in [6.45, 7) is 2.76. The van der Waals surface area contributed by atoms with Gasteiger partial charge in [-0.05, 0) is 18.6 Å². The van der Waals surface area contributed by atoms with E-state index in [0.29, 0.717) is 30.5 Å². The lowest BCUT2D eigenvalue weighted by molar-refractivity contribution is -0.130. The number of carbonyl (C=O) groups is 1. The molecule has 1 aromatic heterocycles. The Morgan fingerprint density at radius 1 is 1.23 bits per heavy atom. The number of hydrogen-bond donors (Lipinski definition) is 0. The van der Waals surface area contributed by atoms with Crippen LogP contribution in [0.15, 0.2) is 33.9 Å². The molecule has 2 aliphatic heterocycles. The molecule has 0 radical (unpaired) electrons. The van der Waals surface area contributed by atoms with Gasteiger partial charge in [-0.3, -0.25) is 9.69 Å². The Hall–Kier alpha value is -1.58. The number of hydrogen-bond acceptors (Lipinski definition) is 7. The van der Waals surface area contributed by atoms with Crippen LogP contribution in [-0.2, 0) is 14.6 Å². The summed E-state index contributed by atoms with van der Waals surface area (Å²) in [6, 6.07) is 7.65. The zero-order valence-electron chi connectivity index (χ0n) is 14.3. The number of rotatable bonds is 4. The lowest BCUT2D eigenvalue weighted by atomic mass is 10.2. The van der Waals surface area contributed by atoms with Crippen LogP contribution in [0, 0.1) is 0 Å². The van der Waals surface area contributed by atoms with Gasteiger partial charge < -0.3 is 9.32 Å². The fourth-order valence-corrected chi connectivity index (χ4v) is 6.03. The number of amides is 1. The molecule has 0 bridgehead atoms. The van der Waals surface area contributed by atoms with Gasteiger partial charge in [-0.1, -0.05) is 23.9 Å². The van der Waals surface area contributed by atoms with Gasteiger partial charge in [0.2, 0.25) is 5.91 Å². The standard InChI is InChI=1S/C17H21N3O4S2/c21-16(11-25-17-18-14-3-1-2-4-15(14)24-17)20-8-6-19(7-9-20)13-5-10-26(22,23)12-13/h1-4,13H,5-12H2/t13-/m1/s1. The summed E-state index contributed by atoms with van der Waals surface area (Å²) in [6.07, 6.45) is 0.712. The summed E-state index contributed by atoms with van der Waals surface area (Å²) in [4.78, 5) is 20.9. The molecule has 9 heteroatoms. The van der Waals surface area contributed by atoms with E-state index in [2.05, 4.69) is 9.88 Å². The fraction of sp³-hybridized carbons (Fsp3) is 0.529. The van der Waals surface area contributed by atoms with E-state index in [9.17, 15) is 13.2 Å². The van der Waals surface area contributed by atoms with Gasteiger partial charge in [0.15, 0.2) is 15.4 Å². The fourth-order valence-electron chi connectivity index (χ4n) is 3.53. The molecule has 1 amide bonds. The molecule has 2 aromatic rings. The van der Waals surface area contributed by atoms with E-state index in [1.807, 2.05) is 29.2 Å². The highest BCUT2D eigenvalue weighted by Crippen LogP contribution is 2.24. The van der Waals surface area contributed by atoms with Crippen LogP contribution in [0.3, 0.4) is 0 Å². The van der Waals surface area contributed by atoms with Crippen molar-refractivity contribution in [3.63, 3.8) is 0 Å². The largest absolute Gasteiger partial charge is 0.431 e. The Labute approximate surface area is 156 Å². The molecule has 7 nitrogen and oxygen atoms in total. The lowest BCUT2D eigenvalue weighted by Gasteiger charge is -2.37. The van der Waals surface area contributed by atoms with E-state index >= 15 is 0 Å². The maximum atomic E-state index is 12.4. The number of oxazole rings is 1. The normalized spacial score (nSPS) is 23.5. The van der Waals surface area contributed by atoms with Crippen LogP contribution >= 0.6 is 11.8 Å². The SMILES string of the molecule is O=C(CSc1nc2ccccc2o1)N1CCN([C@@H]2CCS(=O)(=O)C2)CC1. The molecule has 0 spiro atoms. The van der Waals surface area contributed by atoms with Crippen LogP contribution in [0.25, 0.3) is 11.1 Å². The average Bonchev–Trinajstić information content (AvgIpc) is 3.22. The number of sulfone groups is 1. The summed E-state index contributed by atoms with van der Waals surface area (Å²) < 4.78 is 28.9. The maximum absolute atomic E-state index is 12.4. The van der Waals surface area contributed by atoms with Gasteiger partial charge in [0.1, 0.15) is 5.52 Å². The number of benzene rings is 1. The van der Waals surface area contributed by atoms with Crippen molar-refractivity contribution in [2.24, 2.45) is 0 Å². The molecule has 140 valence electrons. The topological polar surface area (TPSA) is 83.7 Å². The highest BCUT2D eigenvalue weighted by molar-refractivity contribution is 7.99. The van der Waals surface area contributed by atoms with Crippen LogP contribution < -0.4 is 0 Å². The van der Waals surface area contributed by atoms with Crippen molar-refractivity contribution in [3.8, 4) is 0 Å². The van der Waals surface area contributed by atoms with Gasteiger partial charge in [0.05, 0.1) is 17.3 Å². The lowest BCUT2D eigenvalue weighted by Crippen LogP contribution is -2.52. The summed E-state index contributed by atoms with van der Waals surface area (Å²) in [7, 11) is -2.87. The molecule has 0 unspecified atom stereocenters. The van der Waals surface area contributed by atoms with E-state index in [1.165, 1.54) is 11.8 Å². The number of thioether (sulfide) groups is 1.